The second-order valence-corrected chi connectivity index (χ2v) is 5.65. The van der Waals surface area contributed by atoms with E-state index in [2.05, 4.69) is 50.2 Å². The molecule has 0 bridgehead atoms. The lowest BCUT2D eigenvalue weighted by Gasteiger charge is -2.49. The lowest BCUT2D eigenvalue weighted by Crippen LogP contribution is -2.45. The Hall–Kier alpha value is -0.860. The first-order valence-corrected chi connectivity index (χ1v) is 6.43. The zero-order chi connectivity index (χ0) is 12.5. The van der Waals surface area contributed by atoms with E-state index in [4.69, 9.17) is 0 Å². The van der Waals surface area contributed by atoms with E-state index in [1.165, 1.54) is 17.5 Å². The van der Waals surface area contributed by atoms with Crippen LogP contribution in [0, 0.1) is 12.3 Å². The van der Waals surface area contributed by atoms with Gasteiger partial charge in [0.2, 0.25) is 0 Å². The molecule has 0 aliphatic heterocycles. The van der Waals surface area contributed by atoms with Crippen LogP contribution in [0.15, 0.2) is 24.3 Å². The summed E-state index contributed by atoms with van der Waals surface area (Å²) in [5.74, 6) is 0. The molecular weight excluding hydrogens is 210 g/mol. The molecule has 1 fully saturated rings. The summed E-state index contributed by atoms with van der Waals surface area (Å²) in [4.78, 5) is 2.25. The highest BCUT2D eigenvalue weighted by atomic mass is 16.3. The van der Waals surface area contributed by atoms with Gasteiger partial charge in [0, 0.05) is 11.5 Å². The molecule has 1 unspecified atom stereocenters. The normalized spacial score (nSPS) is 20.1. The fraction of sp³-hybridized carbons (Fsp3) is 0.600. The Morgan fingerprint density at radius 1 is 1.24 bits per heavy atom. The van der Waals surface area contributed by atoms with Crippen LogP contribution in [0.1, 0.15) is 36.4 Å². The van der Waals surface area contributed by atoms with Crippen molar-refractivity contribution in [3.63, 3.8) is 0 Å². The average Bonchev–Trinajstić information content (AvgIpc) is 2.24. The first-order chi connectivity index (χ1) is 8.09. The summed E-state index contributed by atoms with van der Waals surface area (Å²) >= 11 is 0. The number of hydrogen-bond donors (Lipinski definition) is 1. The highest BCUT2D eigenvalue weighted by molar-refractivity contribution is 5.26. The molecule has 0 saturated heterocycles. The molecule has 0 aromatic heterocycles. The van der Waals surface area contributed by atoms with Crippen LogP contribution in [-0.2, 0) is 0 Å². The van der Waals surface area contributed by atoms with Gasteiger partial charge in [0.25, 0.3) is 0 Å². The topological polar surface area (TPSA) is 23.5 Å². The third-order valence-electron chi connectivity index (χ3n) is 4.15. The van der Waals surface area contributed by atoms with Crippen molar-refractivity contribution in [2.45, 2.75) is 32.2 Å². The molecule has 1 N–H and O–H groups in total. The van der Waals surface area contributed by atoms with Crippen LogP contribution < -0.4 is 0 Å². The van der Waals surface area contributed by atoms with E-state index in [9.17, 15) is 5.11 Å². The Kier molecular flexibility index (Phi) is 3.55. The lowest BCUT2D eigenvalue weighted by molar-refractivity contribution is -0.0308. The molecule has 1 saturated carbocycles. The summed E-state index contributed by atoms with van der Waals surface area (Å²) in [6.07, 6.45) is 3.53. The number of rotatable bonds is 4. The molecule has 2 nitrogen and oxygen atoms in total. The average molecular weight is 233 g/mol. The minimum atomic E-state index is 0.0821. The molecule has 2 heteroatoms. The molecule has 1 atom stereocenters. The molecule has 2 rings (SSSR count). The highest BCUT2D eigenvalue weighted by Gasteiger charge is 2.45. The Morgan fingerprint density at radius 2 is 1.82 bits per heavy atom. The lowest BCUT2D eigenvalue weighted by atomic mass is 9.62. The smallest absolute Gasteiger partial charge is 0.0505 e. The quantitative estimate of drug-likeness (QED) is 0.864. The summed E-state index contributed by atoms with van der Waals surface area (Å²) in [6.45, 7) is 2.41. The molecule has 1 aliphatic rings. The van der Waals surface area contributed by atoms with Crippen molar-refractivity contribution in [2.75, 3.05) is 20.7 Å². The van der Waals surface area contributed by atoms with Gasteiger partial charge in [-0.1, -0.05) is 36.2 Å². The van der Waals surface area contributed by atoms with Crippen molar-refractivity contribution in [3.8, 4) is 0 Å². The third-order valence-corrected chi connectivity index (χ3v) is 4.15. The van der Waals surface area contributed by atoms with Crippen LogP contribution in [0.4, 0.5) is 0 Å². The summed E-state index contributed by atoms with van der Waals surface area (Å²) in [7, 11) is 4.22. The fourth-order valence-electron chi connectivity index (χ4n) is 3.10. The van der Waals surface area contributed by atoms with Gasteiger partial charge in [-0.15, -0.1) is 0 Å². The molecule has 1 aromatic rings. The Balaban J connectivity index is 2.32. The van der Waals surface area contributed by atoms with Gasteiger partial charge in [-0.2, -0.15) is 0 Å². The molecular formula is C15H23NO. The van der Waals surface area contributed by atoms with E-state index < -0.39 is 0 Å². The van der Waals surface area contributed by atoms with Crippen LogP contribution in [-0.4, -0.2) is 30.7 Å². The highest BCUT2D eigenvalue weighted by Crippen LogP contribution is 2.51. The van der Waals surface area contributed by atoms with Gasteiger partial charge in [0.05, 0.1) is 6.61 Å². The SMILES string of the molecule is Cc1ccc(C(N(C)C)C2(CO)CCC2)cc1. The molecule has 0 amide bonds. The molecule has 17 heavy (non-hydrogen) atoms. The maximum absolute atomic E-state index is 9.75. The minimum Gasteiger partial charge on any atom is -0.396 e. The van der Waals surface area contributed by atoms with Gasteiger partial charge in [-0.25, -0.2) is 0 Å². The van der Waals surface area contributed by atoms with Crippen molar-refractivity contribution >= 4 is 0 Å². The van der Waals surface area contributed by atoms with Crippen LogP contribution >= 0.6 is 0 Å². The summed E-state index contributed by atoms with van der Waals surface area (Å²) < 4.78 is 0. The van der Waals surface area contributed by atoms with E-state index in [1.54, 1.807) is 0 Å². The second-order valence-electron chi connectivity index (χ2n) is 5.65. The zero-order valence-corrected chi connectivity index (χ0v) is 11.1. The minimum absolute atomic E-state index is 0.0821. The van der Waals surface area contributed by atoms with E-state index >= 15 is 0 Å². The fourth-order valence-corrected chi connectivity index (χ4v) is 3.10. The second kappa shape index (κ2) is 4.79. The van der Waals surface area contributed by atoms with E-state index in [0.717, 1.165) is 12.8 Å². The monoisotopic (exact) mass is 233 g/mol. The van der Waals surface area contributed by atoms with Gasteiger partial charge >= 0.3 is 0 Å². The number of benzene rings is 1. The Labute approximate surface area is 104 Å². The standard InChI is InChI=1S/C15H23NO/c1-12-5-7-13(8-6-12)14(16(2)3)15(11-17)9-4-10-15/h5-8,14,17H,4,9-11H2,1-3H3. The van der Waals surface area contributed by atoms with Crippen molar-refractivity contribution in [1.82, 2.24) is 4.90 Å². The predicted octanol–water partition coefficient (Wildman–Crippen LogP) is 2.76. The molecule has 1 aromatic carbocycles. The van der Waals surface area contributed by atoms with E-state index in [0.29, 0.717) is 12.6 Å². The summed E-state index contributed by atoms with van der Waals surface area (Å²) in [5.41, 5.74) is 2.70. The zero-order valence-electron chi connectivity index (χ0n) is 11.1. The predicted molar refractivity (Wildman–Crippen MR) is 71.0 cm³/mol. The van der Waals surface area contributed by atoms with Gasteiger partial charge in [0.15, 0.2) is 0 Å². The van der Waals surface area contributed by atoms with Gasteiger partial charge in [-0.05, 0) is 39.4 Å². The van der Waals surface area contributed by atoms with Crippen LogP contribution in [0.3, 0.4) is 0 Å². The largest absolute Gasteiger partial charge is 0.396 e. The summed E-state index contributed by atoms with van der Waals surface area (Å²) in [6, 6.07) is 9.07. The molecule has 0 heterocycles. The number of aliphatic hydroxyl groups excluding tert-OH is 1. The molecule has 0 radical (unpaired) electrons. The maximum atomic E-state index is 9.75. The van der Waals surface area contributed by atoms with Crippen LogP contribution in [0.25, 0.3) is 0 Å². The van der Waals surface area contributed by atoms with Crippen LogP contribution in [0.5, 0.6) is 0 Å². The van der Waals surface area contributed by atoms with E-state index in [1.807, 2.05) is 0 Å². The first kappa shape index (κ1) is 12.6. The van der Waals surface area contributed by atoms with Gasteiger partial charge in [-0.3, -0.25) is 0 Å². The van der Waals surface area contributed by atoms with Gasteiger partial charge < -0.3 is 10.0 Å². The molecule has 0 spiro atoms. The summed E-state index contributed by atoms with van der Waals surface area (Å²) in [5, 5.41) is 9.75. The first-order valence-electron chi connectivity index (χ1n) is 6.43. The molecule has 1 aliphatic carbocycles. The van der Waals surface area contributed by atoms with Crippen molar-refractivity contribution in [2.24, 2.45) is 5.41 Å². The molecule has 94 valence electrons. The number of nitrogens with zero attached hydrogens (tertiary/aromatic N) is 1. The van der Waals surface area contributed by atoms with Crippen LogP contribution in [0.2, 0.25) is 0 Å². The van der Waals surface area contributed by atoms with Crippen molar-refractivity contribution in [3.05, 3.63) is 35.4 Å². The Morgan fingerprint density at radius 3 is 2.18 bits per heavy atom. The van der Waals surface area contributed by atoms with Crippen molar-refractivity contribution in [1.29, 1.82) is 0 Å². The number of aryl methyl sites for hydroxylation is 1. The number of aliphatic hydroxyl groups is 1. The van der Waals surface area contributed by atoms with Crippen molar-refractivity contribution < 1.29 is 5.11 Å². The van der Waals surface area contributed by atoms with E-state index in [-0.39, 0.29) is 5.41 Å². The van der Waals surface area contributed by atoms with Gasteiger partial charge in [0.1, 0.15) is 0 Å². The maximum Gasteiger partial charge on any atom is 0.0505 e. The third kappa shape index (κ3) is 2.24. The Bertz CT molecular complexity index is 360. The number of hydrogen-bond acceptors (Lipinski definition) is 2.